The third-order valence-electron chi connectivity index (χ3n) is 11.2. The highest BCUT2D eigenvalue weighted by atomic mass is 15.2. The fraction of sp³-hybridized carbons (Fsp3) is 0. The van der Waals surface area contributed by atoms with Crippen molar-refractivity contribution in [1.29, 1.82) is 0 Å². The molecule has 0 amide bonds. The number of fused-ring (bicyclic) bond motifs is 6. The van der Waals surface area contributed by atoms with Gasteiger partial charge in [-0.2, -0.15) is 0 Å². The molecular weight excluding hydrogens is 707 g/mol. The van der Waals surface area contributed by atoms with Crippen LogP contribution in [-0.2, 0) is 0 Å². The molecule has 0 saturated heterocycles. The zero-order valence-electron chi connectivity index (χ0n) is 31.3. The molecule has 5 heteroatoms. The highest BCUT2D eigenvalue weighted by Crippen LogP contribution is 2.38. The van der Waals surface area contributed by atoms with Gasteiger partial charge in [0.05, 0.1) is 40.0 Å². The maximum absolute atomic E-state index is 7.61. The summed E-state index contributed by atoms with van der Waals surface area (Å²) in [6.07, 6.45) is 0. The van der Waals surface area contributed by atoms with Crippen LogP contribution in [0.15, 0.2) is 200 Å². The van der Waals surface area contributed by atoms with Gasteiger partial charge in [0.2, 0.25) is 5.95 Å². The normalized spacial score (nSPS) is 11.4. The Morgan fingerprint density at radius 1 is 0.362 bits per heavy atom. The average Bonchev–Trinajstić information content (AvgIpc) is 3.82. The molecule has 3 aromatic heterocycles. The summed E-state index contributed by atoms with van der Waals surface area (Å²) in [5, 5.41) is 4.74. The van der Waals surface area contributed by atoms with Gasteiger partial charge in [-0.3, -0.25) is 4.57 Å². The van der Waals surface area contributed by atoms with E-state index in [9.17, 15) is 0 Å². The summed E-state index contributed by atoms with van der Waals surface area (Å²) >= 11 is 0. The molecule has 0 bridgehead atoms. The first-order chi connectivity index (χ1) is 28.7. The van der Waals surface area contributed by atoms with Crippen LogP contribution in [0.25, 0.3) is 105 Å². The largest absolute Gasteiger partial charge is 0.309 e. The van der Waals surface area contributed by atoms with Crippen molar-refractivity contribution in [1.82, 2.24) is 19.1 Å². The molecule has 8 aromatic carbocycles. The van der Waals surface area contributed by atoms with Gasteiger partial charge in [0.1, 0.15) is 0 Å². The summed E-state index contributed by atoms with van der Waals surface area (Å²) in [5.41, 5.74) is 14.3. The lowest BCUT2D eigenvalue weighted by Crippen LogP contribution is -2.04. The molecule has 0 spiro atoms. The first kappa shape index (κ1) is 33.3. The van der Waals surface area contributed by atoms with Gasteiger partial charge in [-0.25, -0.2) is 14.8 Å². The third kappa shape index (κ3) is 5.55. The predicted octanol–water partition coefficient (Wildman–Crippen LogP) is 14.4. The summed E-state index contributed by atoms with van der Waals surface area (Å²) in [7, 11) is 0. The average molecular weight is 744 g/mol. The van der Waals surface area contributed by atoms with Gasteiger partial charge in [-0.05, 0) is 88.5 Å². The van der Waals surface area contributed by atoms with E-state index in [1.165, 1.54) is 32.9 Å². The van der Waals surface area contributed by atoms with Gasteiger partial charge in [-0.1, -0.05) is 140 Å². The Labute approximate surface area is 338 Å². The Morgan fingerprint density at radius 2 is 0.845 bits per heavy atom. The molecule has 0 saturated carbocycles. The third-order valence-corrected chi connectivity index (χ3v) is 11.2. The monoisotopic (exact) mass is 743 g/mol. The highest BCUT2D eigenvalue weighted by molar-refractivity contribution is 6.11. The van der Waals surface area contributed by atoms with Crippen LogP contribution < -0.4 is 0 Å². The van der Waals surface area contributed by atoms with Crippen LogP contribution in [0.5, 0.6) is 0 Å². The maximum Gasteiger partial charge on any atom is 0.235 e. The van der Waals surface area contributed by atoms with E-state index in [1.54, 1.807) is 0 Å². The van der Waals surface area contributed by atoms with Gasteiger partial charge in [-0.15, -0.1) is 0 Å². The number of hydrogen-bond acceptors (Lipinski definition) is 2. The fourth-order valence-electron chi connectivity index (χ4n) is 8.40. The second-order valence-corrected chi connectivity index (χ2v) is 14.5. The van der Waals surface area contributed by atoms with Crippen molar-refractivity contribution in [3.63, 3.8) is 0 Å². The molecule has 0 radical (unpaired) electrons. The molecule has 11 rings (SSSR count). The second-order valence-electron chi connectivity index (χ2n) is 14.5. The fourth-order valence-corrected chi connectivity index (χ4v) is 8.40. The number of para-hydroxylation sites is 3. The molecule has 0 aliphatic carbocycles. The van der Waals surface area contributed by atoms with E-state index in [0.717, 1.165) is 61.1 Å². The number of benzene rings is 8. The molecule has 58 heavy (non-hydrogen) atoms. The quantitative estimate of drug-likeness (QED) is 0.159. The van der Waals surface area contributed by atoms with Crippen LogP contribution in [0.1, 0.15) is 2.85 Å². The summed E-state index contributed by atoms with van der Waals surface area (Å²) in [4.78, 5) is 14.0. The molecule has 3 heterocycles. The molecule has 0 N–H and O–H groups in total. The van der Waals surface area contributed by atoms with Crippen LogP contribution in [0.2, 0.25) is 0 Å². The summed E-state index contributed by atoms with van der Waals surface area (Å²) in [6, 6.07) is 69.9. The lowest BCUT2D eigenvalue weighted by molar-refractivity contribution is 0.996. The van der Waals surface area contributed by atoms with Crippen molar-refractivity contribution in [3.05, 3.63) is 212 Å². The Balaban J connectivity index is 0.00000231. The Morgan fingerprint density at radius 3 is 1.47 bits per heavy atom. The van der Waals surface area contributed by atoms with Gasteiger partial charge in [0.25, 0.3) is 0 Å². The van der Waals surface area contributed by atoms with E-state index in [4.69, 9.17) is 16.5 Å². The maximum atomic E-state index is 7.61. The van der Waals surface area contributed by atoms with Crippen LogP contribution in [0.3, 0.4) is 0 Å². The van der Waals surface area contributed by atoms with Crippen molar-refractivity contribution in [2.24, 2.45) is 0 Å². The standard InChI is InChI=1S/C53H33N5.2H2/c1-54-41-16-12-15-40(31-41)48-34-47(37-13-4-2-5-14-37)55-53(56-48)58-50-22-11-9-20-44(50)46-33-39(28-30-52(46)58)36-25-23-35(24-26-36)38-27-29-51-45(32-38)43-19-8-10-21-49(43)57(51)42-17-6-3-7-18-42;;/h2-34H;2*1H. The lowest BCUT2D eigenvalue weighted by atomic mass is 9.98. The Bertz CT molecular complexity index is 3400. The minimum atomic E-state index is 0. The molecule has 0 fully saturated rings. The molecule has 11 aromatic rings. The first-order valence-electron chi connectivity index (χ1n) is 19.4. The molecular formula is C53H37N5. The molecule has 0 aliphatic heterocycles. The van der Waals surface area contributed by atoms with E-state index < -0.39 is 0 Å². The first-order valence-corrected chi connectivity index (χ1v) is 19.4. The Hall–Kier alpha value is -8.07. The van der Waals surface area contributed by atoms with Gasteiger partial charge >= 0.3 is 0 Å². The summed E-state index contributed by atoms with van der Waals surface area (Å²) < 4.78 is 4.52. The zero-order valence-corrected chi connectivity index (χ0v) is 31.3. The van der Waals surface area contributed by atoms with E-state index >= 15 is 0 Å². The molecule has 5 nitrogen and oxygen atoms in total. The van der Waals surface area contributed by atoms with Crippen LogP contribution >= 0.6 is 0 Å². The van der Waals surface area contributed by atoms with Crippen LogP contribution in [0, 0.1) is 6.57 Å². The number of aromatic nitrogens is 4. The van der Waals surface area contributed by atoms with E-state index in [2.05, 4.69) is 166 Å². The molecule has 0 unspecified atom stereocenters. The predicted molar refractivity (Wildman–Crippen MR) is 243 cm³/mol. The minimum absolute atomic E-state index is 0. The number of rotatable bonds is 6. The molecule has 0 aliphatic rings. The van der Waals surface area contributed by atoms with Crippen molar-refractivity contribution in [2.45, 2.75) is 0 Å². The lowest BCUT2D eigenvalue weighted by Gasteiger charge is -2.12. The van der Waals surface area contributed by atoms with Crippen LogP contribution in [-0.4, -0.2) is 19.1 Å². The zero-order chi connectivity index (χ0) is 38.6. The minimum Gasteiger partial charge on any atom is -0.309 e. The van der Waals surface area contributed by atoms with Crippen molar-refractivity contribution in [2.75, 3.05) is 0 Å². The van der Waals surface area contributed by atoms with Crippen molar-refractivity contribution < 1.29 is 2.85 Å². The van der Waals surface area contributed by atoms with Crippen LogP contribution in [0.4, 0.5) is 5.69 Å². The SMILES string of the molecule is [C-]#[N+]c1cccc(-c2cc(-c3ccccc3)nc(-n3c4ccccc4c4cc(-c5ccc(-c6ccc7c(c6)c6ccccc6n7-c6ccccc6)cc5)ccc43)n2)c1.[HH].[HH]. The Kier molecular flexibility index (Phi) is 7.80. The number of nitrogens with zero attached hydrogens (tertiary/aromatic N) is 5. The van der Waals surface area contributed by atoms with Gasteiger partial charge in [0, 0.05) is 35.6 Å². The molecule has 0 atom stereocenters. The summed E-state index contributed by atoms with van der Waals surface area (Å²) in [5.74, 6) is 0.580. The molecule has 274 valence electrons. The topological polar surface area (TPSA) is 40.0 Å². The second kappa shape index (κ2) is 13.6. The van der Waals surface area contributed by atoms with Gasteiger partial charge in [0.15, 0.2) is 5.69 Å². The van der Waals surface area contributed by atoms with E-state index in [-0.39, 0.29) is 2.85 Å². The smallest absolute Gasteiger partial charge is 0.235 e. The summed E-state index contributed by atoms with van der Waals surface area (Å²) in [6.45, 7) is 7.61. The number of hydrogen-bond donors (Lipinski definition) is 0. The van der Waals surface area contributed by atoms with E-state index in [0.29, 0.717) is 11.6 Å². The van der Waals surface area contributed by atoms with Crippen molar-refractivity contribution >= 4 is 49.3 Å². The van der Waals surface area contributed by atoms with Crippen molar-refractivity contribution in [3.8, 4) is 56.4 Å². The highest BCUT2D eigenvalue weighted by Gasteiger charge is 2.18. The van der Waals surface area contributed by atoms with Gasteiger partial charge < -0.3 is 4.57 Å². The van der Waals surface area contributed by atoms with E-state index in [1.807, 2.05) is 48.5 Å².